The van der Waals surface area contributed by atoms with Gasteiger partial charge >= 0.3 is 5.97 Å². The molecule has 1 fully saturated rings. The number of anilines is 2. The molecule has 11 heteroatoms. The Morgan fingerprint density at radius 2 is 1.53 bits per heavy atom. The van der Waals surface area contributed by atoms with Gasteiger partial charge in [0.25, 0.3) is 11.8 Å². The third-order valence-electron chi connectivity index (χ3n) is 6.78. The van der Waals surface area contributed by atoms with Crippen molar-refractivity contribution < 1.29 is 28.7 Å². The van der Waals surface area contributed by atoms with Crippen molar-refractivity contribution in [3.63, 3.8) is 0 Å². The summed E-state index contributed by atoms with van der Waals surface area (Å²) >= 11 is 7.54. The molecule has 9 nitrogen and oxygen atoms in total. The topological polar surface area (TPSA) is 122 Å². The van der Waals surface area contributed by atoms with E-state index in [2.05, 4.69) is 10.6 Å². The number of halogens is 1. The van der Waals surface area contributed by atoms with E-state index in [1.54, 1.807) is 78.9 Å². The summed E-state index contributed by atoms with van der Waals surface area (Å²) in [5, 5.41) is 5.23. The standard InChI is InChI=1S/C34H26ClN3O6S/c1-44-34(43)22-11-15-25(16-12-22)38-30(39)20-29(33(38)42)45-26-17-13-24(14-18-26)36-32(41)28(19-23-9-5-6-10-27(23)35)37-31(40)21-7-3-2-4-8-21/h2-19,29H,20H2,1H3,(H,36,41)(H,37,40)/b28-19-. The molecule has 0 spiro atoms. The number of ether oxygens (including phenoxy) is 1. The van der Waals surface area contributed by atoms with E-state index >= 15 is 0 Å². The fourth-order valence-electron chi connectivity index (χ4n) is 4.50. The lowest BCUT2D eigenvalue weighted by atomic mass is 10.1. The molecule has 4 aromatic rings. The van der Waals surface area contributed by atoms with Crippen LogP contribution in [0, 0.1) is 0 Å². The normalized spacial score (nSPS) is 14.7. The van der Waals surface area contributed by atoms with Crippen molar-refractivity contribution in [3.05, 3.63) is 131 Å². The second-order valence-electron chi connectivity index (χ2n) is 9.79. The smallest absolute Gasteiger partial charge is 0.337 e. The SMILES string of the molecule is COC(=O)c1ccc(N2C(=O)CC(Sc3ccc(NC(=O)/C(=C/c4ccccc4Cl)NC(=O)c4ccccc4)cc3)C2=O)cc1. The van der Waals surface area contributed by atoms with Gasteiger partial charge in [-0.2, -0.15) is 0 Å². The average molecular weight is 640 g/mol. The van der Waals surface area contributed by atoms with Crippen molar-refractivity contribution in [2.45, 2.75) is 16.6 Å². The minimum atomic E-state index is -0.642. The zero-order chi connectivity index (χ0) is 31.9. The number of nitrogens with one attached hydrogen (secondary N) is 2. The molecule has 2 N–H and O–H groups in total. The number of esters is 1. The Kier molecular flexibility index (Phi) is 9.76. The van der Waals surface area contributed by atoms with Gasteiger partial charge in [0.1, 0.15) is 5.70 Å². The van der Waals surface area contributed by atoms with Crippen molar-refractivity contribution in [2.24, 2.45) is 0 Å². The number of thioether (sulfide) groups is 1. The number of benzene rings is 4. The maximum absolute atomic E-state index is 13.3. The Balaban J connectivity index is 1.26. The lowest BCUT2D eigenvalue weighted by molar-refractivity contribution is -0.121. The highest BCUT2D eigenvalue weighted by Gasteiger charge is 2.40. The van der Waals surface area contributed by atoms with Gasteiger partial charge in [-0.1, -0.05) is 48.0 Å². The molecular formula is C34H26ClN3O6S. The van der Waals surface area contributed by atoms with Crippen LogP contribution in [0.2, 0.25) is 5.02 Å². The highest BCUT2D eigenvalue weighted by molar-refractivity contribution is 8.00. The predicted molar refractivity (Wildman–Crippen MR) is 173 cm³/mol. The molecule has 1 heterocycles. The van der Waals surface area contributed by atoms with Crippen LogP contribution in [0.1, 0.15) is 32.7 Å². The maximum Gasteiger partial charge on any atom is 0.337 e. The number of methoxy groups -OCH3 is 1. The highest BCUT2D eigenvalue weighted by Crippen LogP contribution is 2.34. The quantitative estimate of drug-likeness (QED) is 0.132. The van der Waals surface area contributed by atoms with E-state index in [1.807, 2.05) is 0 Å². The second-order valence-corrected chi connectivity index (χ2v) is 11.5. The summed E-state index contributed by atoms with van der Waals surface area (Å²) in [6.45, 7) is 0. The van der Waals surface area contributed by atoms with Crippen molar-refractivity contribution in [3.8, 4) is 0 Å². The summed E-state index contributed by atoms with van der Waals surface area (Å²) in [7, 11) is 1.27. The number of amides is 4. The molecule has 0 saturated carbocycles. The van der Waals surface area contributed by atoms with Gasteiger partial charge in [0, 0.05) is 27.6 Å². The number of nitrogens with zero attached hydrogens (tertiary/aromatic N) is 1. The number of hydrogen-bond donors (Lipinski definition) is 2. The lowest BCUT2D eigenvalue weighted by Gasteiger charge is -2.15. The van der Waals surface area contributed by atoms with Crippen LogP contribution in [0.4, 0.5) is 11.4 Å². The molecule has 1 unspecified atom stereocenters. The second kappa shape index (κ2) is 14.1. The molecule has 1 aliphatic heterocycles. The van der Waals surface area contributed by atoms with Crippen molar-refractivity contribution in [2.75, 3.05) is 17.3 Å². The molecular weight excluding hydrogens is 614 g/mol. The summed E-state index contributed by atoms with van der Waals surface area (Å²) in [5.41, 5.74) is 2.05. The number of rotatable bonds is 9. The molecule has 0 bridgehead atoms. The predicted octanol–water partition coefficient (Wildman–Crippen LogP) is 5.96. The van der Waals surface area contributed by atoms with E-state index in [0.717, 1.165) is 4.90 Å². The van der Waals surface area contributed by atoms with Gasteiger partial charge in [-0.25, -0.2) is 9.69 Å². The van der Waals surface area contributed by atoms with Gasteiger partial charge in [0.2, 0.25) is 11.8 Å². The third-order valence-corrected chi connectivity index (χ3v) is 8.32. The third kappa shape index (κ3) is 7.49. The Morgan fingerprint density at radius 3 is 2.20 bits per heavy atom. The first-order chi connectivity index (χ1) is 21.7. The van der Waals surface area contributed by atoms with Crippen LogP contribution in [-0.4, -0.2) is 42.0 Å². The molecule has 226 valence electrons. The van der Waals surface area contributed by atoms with Crippen molar-refractivity contribution in [1.82, 2.24) is 5.32 Å². The van der Waals surface area contributed by atoms with Crippen LogP contribution >= 0.6 is 23.4 Å². The molecule has 1 aliphatic rings. The lowest BCUT2D eigenvalue weighted by Crippen LogP contribution is -2.31. The maximum atomic E-state index is 13.3. The summed E-state index contributed by atoms with van der Waals surface area (Å²) < 4.78 is 4.69. The Morgan fingerprint density at radius 1 is 0.867 bits per heavy atom. The van der Waals surface area contributed by atoms with E-state index in [1.165, 1.54) is 49.2 Å². The monoisotopic (exact) mass is 639 g/mol. The van der Waals surface area contributed by atoms with Gasteiger partial charge in [0.05, 0.1) is 23.6 Å². The van der Waals surface area contributed by atoms with E-state index in [-0.39, 0.29) is 23.9 Å². The molecule has 0 aliphatic carbocycles. The molecule has 0 aromatic heterocycles. The van der Waals surface area contributed by atoms with Crippen LogP contribution in [0.15, 0.2) is 114 Å². The van der Waals surface area contributed by atoms with Crippen molar-refractivity contribution >= 4 is 70.4 Å². The van der Waals surface area contributed by atoms with Crippen LogP contribution < -0.4 is 15.5 Å². The number of carbonyl (C=O) groups is 5. The van der Waals surface area contributed by atoms with Crippen LogP contribution in [0.25, 0.3) is 6.08 Å². The first kappa shape index (κ1) is 31.2. The van der Waals surface area contributed by atoms with Crippen LogP contribution in [-0.2, 0) is 19.1 Å². The molecule has 4 aromatic carbocycles. The Hall–Kier alpha value is -5.19. The molecule has 0 radical (unpaired) electrons. The Labute approximate surface area is 268 Å². The molecule has 4 amide bonds. The van der Waals surface area contributed by atoms with Gasteiger partial charge < -0.3 is 15.4 Å². The summed E-state index contributed by atoms with van der Waals surface area (Å²) in [5.74, 6) is -2.25. The first-order valence-electron chi connectivity index (χ1n) is 13.7. The van der Waals surface area contributed by atoms with Gasteiger partial charge in [-0.3, -0.25) is 19.2 Å². The molecule has 5 rings (SSSR count). The summed E-state index contributed by atoms with van der Waals surface area (Å²) in [6.07, 6.45) is 1.51. The van der Waals surface area contributed by atoms with Crippen LogP contribution in [0.5, 0.6) is 0 Å². The van der Waals surface area contributed by atoms with Gasteiger partial charge in [-0.05, 0) is 78.4 Å². The summed E-state index contributed by atoms with van der Waals surface area (Å²) in [6, 6.07) is 28.3. The zero-order valence-corrected chi connectivity index (χ0v) is 25.4. The summed E-state index contributed by atoms with van der Waals surface area (Å²) in [4.78, 5) is 65.6. The fourth-order valence-corrected chi connectivity index (χ4v) is 5.75. The first-order valence-corrected chi connectivity index (χ1v) is 14.9. The molecule has 1 saturated heterocycles. The van der Waals surface area contributed by atoms with Crippen LogP contribution in [0.3, 0.4) is 0 Å². The van der Waals surface area contributed by atoms with Crippen molar-refractivity contribution in [1.29, 1.82) is 0 Å². The van der Waals surface area contributed by atoms with E-state index in [0.29, 0.717) is 38.0 Å². The number of hydrogen-bond acceptors (Lipinski definition) is 7. The zero-order valence-electron chi connectivity index (χ0n) is 23.9. The number of carbonyl (C=O) groups excluding carboxylic acids is 5. The molecule has 1 atom stereocenters. The largest absolute Gasteiger partial charge is 0.465 e. The minimum absolute atomic E-state index is 0.00909. The van der Waals surface area contributed by atoms with E-state index < -0.39 is 23.0 Å². The van der Waals surface area contributed by atoms with E-state index in [9.17, 15) is 24.0 Å². The average Bonchev–Trinajstić information content (AvgIpc) is 3.34. The van der Waals surface area contributed by atoms with Gasteiger partial charge in [-0.15, -0.1) is 11.8 Å². The fraction of sp³-hybridized carbons (Fsp3) is 0.0882. The minimum Gasteiger partial charge on any atom is -0.465 e. The molecule has 45 heavy (non-hydrogen) atoms. The van der Waals surface area contributed by atoms with Gasteiger partial charge in [0.15, 0.2) is 0 Å². The number of imide groups is 1. The Bertz CT molecular complexity index is 1790. The van der Waals surface area contributed by atoms with E-state index in [4.69, 9.17) is 16.3 Å². The highest BCUT2D eigenvalue weighted by atomic mass is 35.5.